The summed E-state index contributed by atoms with van der Waals surface area (Å²) in [6.45, 7) is 3.21. The minimum Gasteiger partial charge on any atom is -0.356 e. The molecule has 0 spiro atoms. The first kappa shape index (κ1) is 16.8. The molecule has 2 rings (SSSR count). The quantitative estimate of drug-likeness (QED) is 0.787. The van der Waals surface area contributed by atoms with Gasteiger partial charge >= 0.3 is 0 Å². The Morgan fingerprint density at radius 2 is 2.09 bits per heavy atom. The van der Waals surface area contributed by atoms with Gasteiger partial charge in [-0.3, -0.25) is 9.59 Å². The molecular formula is C18H28N2O2. The Morgan fingerprint density at radius 3 is 2.82 bits per heavy atom. The first-order valence-corrected chi connectivity index (χ1v) is 8.59. The highest BCUT2D eigenvalue weighted by Crippen LogP contribution is 2.27. The summed E-state index contributed by atoms with van der Waals surface area (Å²) in [5, 5.41) is 2.97. The van der Waals surface area contributed by atoms with E-state index >= 15 is 0 Å². The number of rotatable bonds is 7. The molecule has 0 saturated heterocycles. The van der Waals surface area contributed by atoms with Crippen LogP contribution >= 0.6 is 0 Å². The summed E-state index contributed by atoms with van der Waals surface area (Å²) in [7, 11) is 0. The smallest absolute Gasteiger partial charge is 0.250 e. The van der Waals surface area contributed by atoms with Crippen LogP contribution in [0.4, 0.5) is 0 Å². The van der Waals surface area contributed by atoms with E-state index in [1.165, 1.54) is 32.1 Å². The van der Waals surface area contributed by atoms with Gasteiger partial charge in [0.25, 0.3) is 5.56 Å². The maximum Gasteiger partial charge on any atom is 0.250 e. The average molecular weight is 304 g/mol. The number of hydrogen-bond acceptors (Lipinski definition) is 2. The third kappa shape index (κ3) is 5.66. The van der Waals surface area contributed by atoms with Gasteiger partial charge in [-0.2, -0.15) is 0 Å². The van der Waals surface area contributed by atoms with E-state index in [4.69, 9.17) is 0 Å². The SMILES string of the molecule is Cc1ccn(CCCNC(=O)CCC2CCCCC2)c(=O)c1. The van der Waals surface area contributed by atoms with E-state index in [0.717, 1.165) is 24.3 Å². The molecule has 1 amide bonds. The van der Waals surface area contributed by atoms with Crippen molar-refractivity contribution in [1.29, 1.82) is 0 Å². The van der Waals surface area contributed by atoms with Crippen LogP contribution in [0.15, 0.2) is 23.1 Å². The molecule has 1 aliphatic rings. The van der Waals surface area contributed by atoms with Gasteiger partial charge in [0.1, 0.15) is 0 Å². The molecule has 0 bridgehead atoms. The molecule has 0 aromatic carbocycles. The molecule has 1 aromatic heterocycles. The summed E-state index contributed by atoms with van der Waals surface area (Å²) in [5.74, 6) is 0.910. The number of pyridine rings is 1. The van der Waals surface area contributed by atoms with Crippen molar-refractivity contribution in [3.63, 3.8) is 0 Å². The van der Waals surface area contributed by atoms with Crippen molar-refractivity contribution in [2.24, 2.45) is 5.92 Å². The monoisotopic (exact) mass is 304 g/mol. The highest BCUT2D eigenvalue weighted by Gasteiger charge is 2.14. The van der Waals surface area contributed by atoms with E-state index < -0.39 is 0 Å². The van der Waals surface area contributed by atoms with Crippen LogP contribution in [0.5, 0.6) is 0 Å². The van der Waals surface area contributed by atoms with Gasteiger partial charge in [-0.25, -0.2) is 0 Å². The van der Waals surface area contributed by atoms with Crippen molar-refractivity contribution in [3.05, 3.63) is 34.2 Å². The van der Waals surface area contributed by atoms with Crippen LogP contribution in [0.1, 0.15) is 56.9 Å². The fourth-order valence-corrected chi connectivity index (χ4v) is 3.17. The maximum atomic E-state index is 11.8. The van der Waals surface area contributed by atoms with Crippen LogP contribution in [0.2, 0.25) is 0 Å². The third-order valence-corrected chi connectivity index (χ3v) is 4.55. The molecule has 122 valence electrons. The van der Waals surface area contributed by atoms with Gasteiger partial charge in [0.05, 0.1) is 0 Å². The molecule has 1 heterocycles. The lowest BCUT2D eigenvalue weighted by molar-refractivity contribution is -0.121. The fourth-order valence-electron chi connectivity index (χ4n) is 3.17. The predicted octanol–water partition coefficient (Wildman–Crippen LogP) is 3.02. The largest absolute Gasteiger partial charge is 0.356 e. The molecular weight excluding hydrogens is 276 g/mol. The summed E-state index contributed by atoms with van der Waals surface area (Å²) < 4.78 is 1.70. The Hall–Kier alpha value is -1.58. The second kappa shape index (κ2) is 8.76. The van der Waals surface area contributed by atoms with E-state index in [2.05, 4.69) is 5.32 Å². The van der Waals surface area contributed by atoms with Gasteiger partial charge in [0.2, 0.25) is 5.91 Å². The molecule has 1 saturated carbocycles. The molecule has 0 atom stereocenters. The fraction of sp³-hybridized carbons (Fsp3) is 0.667. The Bertz CT molecular complexity index is 530. The third-order valence-electron chi connectivity index (χ3n) is 4.55. The van der Waals surface area contributed by atoms with E-state index in [0.29, 0.717) is 19.5 Å². The molecule has 1 N–H and O–H groups in total. The summed E-state index contributed by atoms with van der Waals surface area (Å²) in [6, 6.07) is 3.58. The highest BCUT2D eigenvalue weighted by molar-refractivity contribution is 5.75. The predicted molar refractivity (Wildman–Crippen MR) is 88.9 cm³/mol. The number of nitrogens with zero attached hydrogens (tertiary/aromatic N) is 1. The van der Waals surface area contributed by atoms with Gasteiger partial charge in [-0.05, 0) is 37.3 Å². The second-order valence-electron chi connectivity index (χ2n) is 6.48. The summed E-state index contributed by atoms with van der Waals surface area (Å²) >= 11 is 0. The van der Waals surface area contributed by atoms with Crippen LogP contribution in [0.25, 0.3) is 0 Å². The maximum absolute atomic E-state index is 11.8. The Balaban J connectivity index is 1.59. The number of amides is 1. The second-order valence-corrected chi connectivity index (χ2v) is 6.48. The molecule has 4 heteroatoms. The molecule has 0 unspecified atom stereocenters. The molecule has 1 aromatic rings. The first-order valence-electron chi connectivity index (χ1n) is 8.59. The van der Waals surface area contributed by atoms with E-state index in [1.807, 2.05) is 19.2 Å². The average Bonchev–Trinajstić information content (AvgIpc) is 2.52. The Labute approximate surface area is 132 Å². The molecule has 0 radical (unpaired) electrons. The topological polar surface area (TPSA) is 51.1 Å². The Kier molecular flexibility index (Phi) is 6.69. The van der Waals surface area contributed by atoms with Gasteiger partial charge in [-0.1, -0.05) is 32.1 Å². The van der Waals surface area contributed by atoms with Crippen molar-refractivity contribution in [2.75, 3.05) is 6.54 Å². The number of carbonyl (C=O) groups excluding carboxylic acids is 1. The number of hydrogen-bond donors (Lipinski definition) is 1. The van der Waals surface area contributed by atoms with Crippen molar-refractivity contribution in [3.8, 4) is 0 Å². The van der Waals surface area contributed by atoms with Gasteiger partial charge in [-0.15, -0.1) is 0 Å². The van der Waals surface area contributed by atoms with E-state index in [9.17, 15) is 9.59 Å². The van der Waals surface area contributed by atoms with Crippen molar-refractivity contribution in [1.82, 2.24) is 9.88 Å². The van der Waals surface area contributed by atoms with Crippen LogP contribution in [-0.2, 0) is 11.3 Å². The zero-order valence-electron chi connectivity index (χ0n) is 13.6. The van der Waals surface area contributed by atoms with Crippen LogP contribution < -0.4 is 10.9 Å². The van der Waals surface area contributed by atoms with Crippen molar-refractivity contribution >= 4 is 5.91 Å². The van der Waals surface area contributed by atoms with E-state index in [-0.39, 0.29) is 11.5 Å². The highest BCUT2D eigenvalue weighted by atomic mass is 16.1. The van der Waals surface area contributed by atoms with Crippen molar-refractivity contribution < 1.29 is 4.79 Å². The lowest BCUT2D eigenvalue weighted by Gasteiger charge is -2.20. The standard InChI is InChI=1S/C18H28N2O2/c1-15-10-13-20(18(22)14-15)12-5-11-19-17(21)9-8-16-6-3-2-4-7-16/h10,13-14,16H,2-9,11-12H2,1H3,(H,19,21). The molecule has 0 aliphatic heterocycles. The van der Waals surface area contributed by atoms with Crippen LogP contribution in [0, 0.1) is 12.8 Å². The summed E-state index contributed by atoms with van der Waals surface area (Å²) in [6.07, 6.45) is 10.9. The van der Waals surface area contributed by atoms with Gasteiger partial charge < -0.3 is 9.88 Å². The Morgan fingerprint density at radius 1 is 1.32 bits per heavy atom. The van der Waals surface area contributed by atoms with Crippen molar-refractivity contribution in [2.45, 2.75) is 64.8 Å². The summed E-state index contributed by atoms with van der Waals surface area (Å²) in [4.78, 5) is 23.6. The number of nitrogens with one attached hydrogen (secondary N) is 1. The lowest BCUT2D eigenvalue weighted by Crippen LogP contribution is -2.27. The number of aryl methyl sites for hydroxylation is 2. The number of aromatic nitrogens is 1. The minimum absolute atomic E-state index is 0.0311. The lowest BCUT2D eigenvalue weighted by atomic mass is 9.86. The zero-order valence-corrected chi connectivity index (χ0v) is 13.6. The van der Waals surface area contributed by atoms with Gasteiger partial charge in [0.15, 0.2) is 0 Å². The molecule has 1 aliphatic carbocycles. The molecule has 4 nitrogen and oxygen atoms in total. The normalized spacial score (nSPS) is 15.7. The minimum atomic E-state index is 0.0311. The van der Waals surface area contributed by atoms with Crippen LogP contribution in [-0.4, -0.2) is 17.0 Å². The van der Waals surface area contributed by atoms with Gasteiger partial charge in [0, 0.05) is 31.8 Å². The van der Waals surface area contributed by atoms with Crippen LogP contribution in [0.3, 0.4) is 0 Å². The van der Waals surface area contributed by atoms with E-state index in [1.54, 1.807) is 10.6 Å². The summed E-state index contributed by atoms with van der Waals surface area (Å²) in [5.41, 5.74) is 1.01. The zero-order chi connectivity index (χ0) is 15.8. The molecule has 22 heavy (non-hydrogen) atoms. The first-order chi connectivity index (χ1) is 10.6. The number of carbonyl (C=O) groups is 1. The molecule has 1 fully saturated rings.